The van der Waals surface area contributed by atoms with E-state index in [1.165, 1.54) is 24.3 Å². The number of Topliss-reactive ketones (excluding diaryl/α,β-unsaturated/α-hetero) is 2. The van der Waals surface area contributed by atoms with Gasteiger partial charge in [-0.2, -0.15) is 0 Å². The summed E-state index contributed by atoms with van der Waals surface area (Å²) in [5.41, 5.74) is 2.56. The summed E-state index contributed by atoms with van der Waals surface area (Å²) in [6.07, 6.45) is 1.98. The van der Waals surface area contributed by atoms with Crippen molar-refractivity contribution in [3.05, 3.63) is 129 Å². The highest BCUT2D eigenvalue weighted by molar-refractivity contribution is 6.18. The molecule has 0 saturated carbocycles. The molecule has 4 aliphatic rings. The number of para-hydroxylation sites is 2. The second-order valence-corrected chi connectivity index (χ2v) is 11.6. The smallest absolute Gasteiger partial charge is 0.269 e. The molecule has 0 aliphatic carbocycles. The van der Waals surface area contributed by atoms with E-state index < -0.39 is 39.9 Å². The number of carbonyl (C=O) groups is 3. The Morgan fingerprint density at radius 1 is 0.911 bits per heavy atom. The van der Waals surface area contributed by atoms with E-state index >= 15 is 4.79 Å². The van der Waals surface area contributed by atoms with Crippen LogP contribution >= 0.6 is 0 Å². The van der Waals surface area contributed by atoms with Gasteiger partial charge in [-0.25, -0.2) is 0 Å². The minimum absolute atomic E-state index is 0.0219. The van der Waals surface area contributed by atoms with Crippen LogP contribution in [0.25, 0.3) is 5.57 Å². The van der Waals surface area contributed by atoms with Crippen LogP contribution in [-0.2, 0) is 10.2 Å². The predicted molar refractivity (Wildman–Crippen MR) is 165 cm³/mol. The normalized spacial score (nSPS) is 23.6. The molecule has 4 aliphatic heterocycles. The maximum absolute atomic E-state index is 15.0. The van der Waals surface area contributed by atoms with Crippen LogP contribution in [0.1, 0.15) is 38.8 Å². The molecule has 1 spiro atoms. The Balaban J connectivity index is 1.40. The SMILES string of the molecule is CC1=C[C@@H]2N(c3ccccc31)[C@@H](C(=O)c1ccc([N+](=O)[O-])cc1)[C@H](C(=O)c1ccc3c(c1)OCO3)[C@@]21C(=O)Nc2ccccc21. The molecular weight excluding hydrogens is 574 g/mol. The Bertz CT molecular complexity index is 2000. The summed E-state index contributed by atoms with van der Waals surface area (Å²) in [6, 6.07) is 23.3. The highest BCUT2D eigenvalue weighted by Gasteiger charge is 2.70. The molecule has 1 saturated heterocycles. The van der Waals surface area contributed by atoms with Gasteiger partial charge in [0.15, 0.2) is 23.1 Å². The number of amides is 1. The summed E-state index contributed by atoms with van der Waals surface area (Å²) in [7, 11) is 0. The van der Waals surface area contributed by atoms with E-state index in [0.29, 0.717) is 22.7 Å². The Morgan fingerprint density at radius 2 is 1.62 bits per heavy atom. The number of non-ortho nitro benzene ring substituents is 1. The molecule has 10 nitrogen and oxygen atoms in total. The topological polar surface area (TPSA) is 128 Å². The average Bonchev–Trinajstić information content (AvgIpc) is 3.73. The van der Waals surface area contributed by atoms with E-state index in [1.54, 1.807) is 24.3 Å². The van der Waals surface area contributed by atoms with Crippen molar-refractivity contribution in [2.75, 3.05) is 17.0 Å². The number of fused-ring (bicyclic) bond motifs is 7. The molecule has 8 rings (SSSR count). The number of hydrogen-bond acceptors (Lipinski definition) is 8. The van der Waals surface area contributed by atoms with Gasteiger partial charge in [0, 0.05) is 40.2 Å². The van der Waals surface area contributed by atoms with Crippen LogP contribution in [0.15, 0.2) is 97.1 Å². The number of benzene rings is 4. The van der Waals surface area contributed by atoms with Crippen molar-refractivity contribution in [3.63, 3.8) is 0 Å². The Labute approximate surface area is 257 Å². The number of nitrogens with one attached hydrogen (secondary N) is 1. The van der Waals surface area contributed by atoms with Gasteiger partial charge in [-0.15, -0.1) is 0 Å². The molecule has 0 aromatic heterocycles. The Hall–Kier alpha value is -5.77. The lowest BCUT2D eigenvalue weighted by molar-refractivity contribution is -0.384. The molecule has 4 aromatic rings. The van der Waals surface area contributed by atoms with Crippen LogP contribution in [0.3, 0.4) is 0 Å². The zero-order valence-electron chi connectivity index (χ0n) is 23.9. The van der Waals surface area contributed by atoms with Crippen molar-refractivity contribution < 1.29 is 28.8 Å². The van der Waals surface area contributed by atoms with Crippen molar-refractivity contribution in [3.8, 4) is 11.5 Å². The van der Waals surface area contributed by atoms with Gasteiger partial charge in [0.1, 0.15) is 11.5 Å². The minimum atomic E-state index is -1.49. The fourth-order valence-corrected chi connectivity index (χ4v) is 7.53. The maximum atomic E-state index is 15.0. The number of hydrogen-bond donors (Lipinski definition) is 1. The zero-order valence-corrected chi connectivity index (χ0v) is 23.9. The highest BCUT2D eigenvalue weighted by Crippen LogP contribution is 2.59. The molecular formula is C35H25N3O7. The molecule has 0 bridgehead atoms. The lowest BCUT2D eigenvalue weighted by Crippen LogP contribution is -2.51. The second kappa shape index (κ2) is 9.62. The second-order valence-electron chi connectivity index (χ2n) is 11.6. The quantitative estimate of drug-likeness (QED) is 0.179. The third-order valence-corrected chi connectivity index (χ3v) is 9.45. The molecule has 0 radical (unpaired) electrons. The van der Waals surface area contributed by atoms with Crippen LogP contribution in [0.2, 0.25) is 0 Å². The number of ether oxygens (including phenoxy) is 2. The maximum Gasteiger partial charge on any atom is 0.269 e. The van der Waals surface area contributed by atoms with Gasteiger partial charge >= 0.3 is 0 Å². The van der Waals surface area contributed by atoms with Gasteiger partial charge in [0.25, 0.3) is 5.69 Å². The molecule has 4 aromatic carbocycles. The lowest BCUT2D eigenvalue weighted by Gasteiger charge is -2.39. The van der Waals surface area contributed by atoms with Crippen LogP contribution in [0, 0.1) is 16.0 Å². The van der Waals surface area contributed by atoms with Crippen LogP contribution in [0.4, 0.5) is 17.1 Å². The first-order valence-corrected chi connectivity index (χ1v) is 14.5. The summed E-state index contributed by atoms with van der Waals surface area (Å²) in [6.45, 7) is 1.98. The largest absolute Gasteiger partial charge is 0.454 e. The van der Waals surface area contributed by atoms with Crippen molar-refractivity contribution in [1.82, 2.24) is 0 Å². The van der Waals surface area contributed by atoms with E-state index in [-0.39, 0.29) is 29.5 Å². The van der Waals surface area contributed by atoms with Crippen molar-refractivity contribution in [2.24, 2.45) is 5.92 Å². The number of nitro groups is 1. The predicted octanol–water partition coefficient (Wildman–Crippen LogP) is 5.57. The lowest BCUT2D eigenvalue weighted by atomic mass is 9.64. The fourth-order valence-electron chi connectivity index (χ4n) is 7.53. The van der Waals surface area contributed by atoms with E-state index in [1.807, 2.05) is 60.4 Å². The van der Waals surface area contributed by atoms with Crippen LogP contribution in [-0.4, -0.2) is 41.3 Å². The van der Waals surface area contributed by atoms with E-state index in [0.717, 1.165) is 16.8 Å². The minimum Gasteiger partial charge on any atom is -0.454 e. The summed E-state index contributed by atoms with van der Waals surface area (Å²) < 4.78 is 11.1. The summed E-state index contributed by atoms with van der Waals surface area (Å²) >= 11 is 0. The van der Waals surface area contributed by atoms with Gasteiger partial charge in [0.2, 0.25) is 12.7 Å². The number of anilines is 2. The van der Waals surface area contributed by atoms with Crippen molar-refractivity contribution in [1.29, 1.82) is 0 Å². The number of ketones is 2. The molecule has 222 valence electrons. The molecule has 1 N–H and O–H groups in total. The number of nitrogens with zero attached hydrogens (tertiary/aromatic N) is 2. The molecule has 4 atom stereocenters. The van der Waals surface area contributed by atoms with Gasteiger partial charge in [0.05, 0.1) is 16.9 Å². The molecule has 1 amide bonds. The van der Waals surface area contributed by atoms with Gasteiger partial charge in [-0.05, 0) is 60.5 Å². The molecule has 10 heteroatoms. The van der Waals surface area contributed by atoms with Gasteiger partial charge in [-0.1, -0.05) is 42.5 Å². The van der Waals surface area contributed by atoms with Gasteiger partial charge in [-0.3, -0.25) is 24.5 Å². The third kappa shape index (κ3) is 3.65. The van der Waals surface area contributed by atoms with E-state index in [2.05, 4.69) is 5.32 Å². The van der Waals surface area contributed by atoms with Crippen LogP contribution < -0.4 is 19.7 Å². The van der Waals surface area contributed by atoms with E-state index in [4.69, 9.17) is 9.47 Å². The van der Waals surface area contributed by atoms with Crippen molar-refractivity contribution in [2.45, 2.75) is 24.4 Å². The molecule has 0 unspecified atom stereocenters. The fraction of sp³-hybridized carbons (Fsp3) is 0.171. The van der Waals surface area contributed by atoms with Crippen LogP contribution in [0.5, 0.6) is 11.5 Å². The number of nitro benzene ring substituents is 1. The number of rotatable bonds is 5. The van der Waals surface area contributed by atoms with E-state index in [9.17, 15) is 19.7 Å². The summed E-state index contributed by atoms with van der Waals surface area (Å²) in [4.78, 5) is 57.1. The number of allylic oxidation sites excluding steroid dienone is 1. The molecule has 1 fully saturated rings. The first-order chi connectivity index (χ1) is 21.8. The standard InChI is InChI=1S/C35H25N3O7/c1-19-16-29-35(24-7-3-4-8-25(24)36-34(35)41)30(32(39)21-12-15-27-28(17-21)45-18-44-27)31(37(29)26-9-5-2-6-23(19)26)33(40)20-10-13-22(14-11-20)38(42)43/h2-17,29-31H,18H2,1H3,(H,36,41)/t29-,30+,31+,35-/m0/s1. The average molecular weight is 600 g/mol. The monoisotopic (exact) mass is 599 g/mol. The zero-order chi connectivity index (χ0) is 31.0. The Kier molecular flexibility index (Phi) is 5.73. The van der Waals surface area contributed by atoms with Gasteiger partial charge < -0.3 is 19.7 Å². The van der Waals surface area contributed by atoms with Crippen molar-refractivity contribution >= 4 is 40.1 Å². The molecule has 45 heavy (non-hydrogen) atoms. The molecule has 4 heterocycles. The summed E-state index contributed by atoms with van der Waals surface area (Å²) in [5.74, 6) is -1.49. The first kappa shape index (κ1) is 26.8. The highest BCUT2D eigenvalue weighted by atomic mass is 16.7. The number of carbonyl (C=O) groups excluding carboxylic acids is 3. The summed E-state index contributed by atoms with van der Waals surface area (Å²) in [5, 5.41) is 14.4. The first-order valence-electron chi connectivity index (χ1n) is 14.5. The third-order valence-electron chi connectivity index (χ3n) is 9.45. The Morgan fingerprint density at radius 3 is 2.42 bits per heavy atom.